The highest BCUT2D eigenvalue weighted by Gasteiger charge is 2.35. The highest BCUT2D eigenvalue weighted by Crippen LogP contribution is 2.44. The lowest BCUT2D eigenvalue weighted by atomic mass is 10.0. The van der Waals surface area contributed by atoms with Crippen molar-refractivity contribution < 1.29 is 14.6 Å². The topological polar surface area (TPSA) is 70.4 Å². The molecule has 0 spiro atoms. The lowest BCUT2D eigenvalue weighted by Crippen LogP contribution is -2.36. The van der Waals surface area contributed by atoms with Gasteiger partial charge in [-0.25, -0.2) is 4.99 Å². The number of methoxy groups -OCH3 is 2. The quantitative estimate of drug-likeness (QED) is 0.416. The summed E-state index contributed by atoms with van der Waals surface area (Å²) in [5.74, 6) is 2.56. The molecular weight excluding hydrogens is 488 g/mol. The molecule has 8 heteroatoms. The average molecular weight is 519 g/mol. The normalized spacial score (nSPS) is 17.6. The van der Waals surface area contributed by atoms with Crippen molar-refractivity contribution in [3.05, 3.63) is 89.3 Å². The number of ether oxygens (including phenoxy) is 2. The minimum Gasteiger partial charge on any atom is -0.494 e. The Morgan fingerprint density at radius 3 is 2.51 bits per heavy atom. The van der Waals surface area contributed by atoms with Gasteiger partial charge in [-0.05, 0) is 42.2 Å². The number of aliphatic hydroxyl groups is 1. The smallest absolute Gasteiger partial charge is 0.209 e. The predicted octanol–water partition coefficient (Wildman–Crippen LogP) is 6.36. The van der Waals surface area contributed by atoms with E-state index >= 15 is 0 Å². The van der Waals surface area contributed by atoms with Gasteiger partial charge in [0.25, 0.3) is 0 Å². The Kier molecular flexibility index (Phi) is 6.98. The van der Waals surface area contributed by atoms with Gasteiger partial charge in [-0.3, -0.25) is 9.88 Å². The number of pyridine rings is 1. The molecule has 2 aromatic rings. The van der Waals surface area contributed by atoms with E-state index in [2.05, 4.69) is 29.1 Å². The highest BCUT2D eigenvalue weighted by atomic mass is 35.5. The summed E-state index contributed by atoms with van der Waals surface area (Å²) in [5.41, 5.74) is 4.13. The highest BCUT2D eigenvalue weighted by molar-refractivity contribution is 6.30. The minimum atomic E-state index is 0.0108. The maximum absolute atomic E-state index is 11.8. The molecule has 192 valence electrons. The molecule has 1 aromatic heterocycles. The molecule has 5 rings (SSSR count). The van der Waals surface area contributed by atoms with Crippen LogP contribution in [0.25, 0.3) is 5.57 Å². The molecule has 0 radical (unpaired) electrons. The van der Waals surface area contributed by atoms with E-state index in [-0.39, 0.29) is 5.88 Å². The van der Waals surface area contributed by atoms with E-state index in [0.717, 1.165) is 17.7 Å². The van der Waals surface area contributed by atoms with E-state index in [1.54, 1.807) is 25.3 Å². The molecule has 1 fully saturated rings. The zero-order chi connectivity index (χ0) is 26.1. The van der Waals surface area contributed by atoms with Crippen LogP contribution < -0.4 is 14.4 Å². The Balaban J connectivity index is 1.49. The fourth-order valence-electron chi connectivity index (χ4n) is 4.79. The van der Waals surface area contributed by atoms with E-state index in [9.17, 15) is 5.11 Å². The largest absolute Gasteiger partial charge is 0.494 e. The summed E-state index contributed by atoms with van der Waals surface area (Å²) in [6.07, 6.45) is 7.92. The Hall–Kier alpha value is -3.71. The van der Waals surface area contributed by atoms with Gasteiger partial charge in [0.05, 0.1) is 36.2 Å². The van der Waals surface area contributed by atoms with Gasteiger partial charge in [0.1, 0.15) is 23.0 Å². The van der Waals surface area contributed by atoms with Crippen molar-refractivity contribution in [3.63, 3.8) is 0 Å². The lowest BCUT2D eigenvalue weighted by Gasteiger charge is -2.34. The number of aliphatic hydroxyl groups excluding tert-OH is 1. The van der Waals surface area contributed by atoms with Crippen LogP contribution >= 0.6 is 11.6 Å². The van der Waals surface area contributed by atoms with Crippen LogP contribution in [0.4, 0.5) is 5.69 Å². The van der Waals surface area contributed by atoms with Crippen LogP contribution in [0, 0.1) is 5.92 Å². The van der Waals surface area contributed by atoms with Crippen molar-refractivity contribution in [1.29, 1.82) is 0 Å². The minimum absolute atomic E-state index is 0.0108. The molecule has 1 N–H and O–H groups in total. The van der Waals surface area contributed by atoms with Crippen molar-refractivity contribution in [2.24, 2.45) is 10.9 Å². The fraction of sp³-hybridized carbons (Fsp3) is 0.310. The summed E-state index contributed by atoms with van der Waals surface area (Å²) >= 11 is 6.01. The van der Waals surface area contributed by atoms with E-state index < -0.39 is 0 Å². The van der Waals surface area contributed by atoms with Crippen molar-refractivity contribution in [3.8, 4) is 11.5 Å². The summed E-state index contributed by atoms with van der Waals surface area (Å²) in [7, 11) is 3.20. The molecule has 7 nitrogen and oxygen atoms in total. The molecule has 3 aliphatic rings. The molecular formula is C29H31ClN4O3. The fourth-order valence-corrected chi connectivity index (χ4v) is 4.90. The van der Waals surface area contributed by atoms with Gasteiger partial charge in [0.15, 0.2) is 0 Å². The van der Waals surface area contributed by atoms with Gasteiger partial charge in [-0.2, -0.15) is 0 Å². The summed E-state index contributed by atoms with van der Waals surface area (Å²) < 4.78 is 11.4. The zero-order valence-corrected chi connectivity index (χ0v) is 22.0. The monoisotopic (exact) mass is 518 g/mol. The number of nitrogens with zero attached hydrogens (tertiary/aromatic N) is 4. The van der Waals surface area contributed by atoms with Gasteiger partial charge in [-0.15, -0.1) is 0 Å². The number of anilines is 1. The molecule has 1 aromatic carbocycles. The maximum Gasteiger partial charge on any atom is 0.209 e. The molecule has 37 heavy (non-hydrogen) atoms. The molecule has 2 aliphatic heterocycles. The van der Waals surface area contributed by atoms with Gasteiger partial charge in [0.2, 0.25) is 5.88 Å². The van der Waals surface area contributed by atoms with Gasteiger partial charge in [-0.1, -0.05) is 49.7 Å². The standard InChI is InChI=1S/C29H31ClN4O3/c1-18-27(19(2)33-15-14-21(17-33)23-12-11-22(30)16-31-23)29(35)34(26(32-18)13-10-20-8-9-20)28-24(36-3)6-5-7-25(28)37-4/h5-7,11-12,14,16,20,35H,1-2,8-10,13,15,17H2,3-4H3. The number of amidine groups is 1. The van der Waals surface area contributed by atoms with Crippen LogP contribution in [-0.2, 0) is 0 Å². The third kappa shape index (κ3) is 4.96. The molecule has 1 aliphatic carbocycles. The number of aliphatic imine (C=N–C) groups is 1. The van der Waals surface area contributed by atoms with E-state index in [4.69, 9.17) is 26.1 Å². The number of hydrogen-bond donors (Lipinski definition) is 1. The predicted molar refractivity (Wildman–Crippen MR) is 148 cm³/mol. The molecule has 0 atom stereocenters. The van der Waals surface area contributed by atoms with Crippen LogP contribution in [-0.4, -0.2) is 48.1 Å². The second-order valence-corrected chi connectivity index (χ2v) is 9.86. The molecule has 1 saturated carbocycles. The Bertz CT molecular complexity index is 1300. The molecule has 0 bridgehead atoms. The molecule has 3 heterocycles. The molecule has 0 saturated heterocycles. The Morgan fingerprint density at radius 1 is 1.16 bits per heavy atom. The third-order valence-electron chi connectivity index (χ3n) is 6.99. The van der Waals surface area contributed by atoms with E-state index in [1.165, 1.54) is 12.8 Å². The maximum atomic E-state index is 11.8. The molecule has 0 amide bonds. The van der Waals surface area contributed by atoms with Gasteiger partial charge in [0, 0.05) is 31.4 Å². The SMILES string of the molecule is C=C1N=C(CCC2CC2)N(c2c(OC)cccc2OC)C(O)=C1C(=C)N1CC=C(c2ccc(Cl)cn2)C1. The Morgan fingerprint density at radius 2 is 1.89 bits per heavy atom. The number of para-hydroxylation sites is 1. The number of halogens is 1. The average Bonchev–Trinajstić information content (AvgIpc) is 3.60. The third-order valence-corrected chi connectivity index (χ3v) is 7.21. The van der Waals surface area contributed by atoms with Crippen LogP contribution in [0.5, 0.6) is 11.5 Å². The van der Waals surface area contributed by atoms with Gasteiger partial charge >= 0.3 is 0 Å². The number of rotatable bonds is 9. The second kappa shape index (κ2) is 10.3. The van der Waals surface area contributed by atoms with Crippen molar-refractivity contribution in [2.45, 2.75) is 25.7 Å². The van der Waals surface area contributed by atoms with Crippen LogP contribution in [0.2, 0.25) is 5.02 Å². The summed E-state index contributed by atoms with van der Waals surface area (Å²) in [5, 5.41) is 12.4. The first-order valence-electron chi connectivity index (χ1n) is 12.4. The number of hydrogen-bond acceptors (Lipinski definition) is 7. The van der Waals surface area contributed by atoms with Crippen LogP contribution in [0.15, 0.2) is 83.6 Å². The van der Waals surface area contributed by atoms with Crippen molar-refractivity contribution in [2.75, 3.05) is 32.2 Å². The second-order valence-electron chi connectivity index (χ2n) is 9.42. The summed E-state index contributed by atoms with van der Waals surface area (Å²) in [4.78, 5) is 13.1. The van der Waals surface area contributed by atoms with E-state index in [0.29, 0.717) is 70.4 Å². The number of aromatic nitrogens is 1. The van der Waals surface area contributed by atoms with Crippen LogP contribution in [0.1, 0.15) is 31.4 Å². The van der Waals surface area contributed by atoms with Crippen LogP contribution in [0.3, 0.4) is 0 Å². The van der Waals surface area contributed by atoms with E-state index in [1.807, 2.05) is 30.3 Å². The molecule has 0 unspecified atom stereocenters. The first-order chi connectivity index (χ1) is 17.9. The first kappa shape index (κ1) is 25.0. The summed E-state index contributed by atoms with van der Waals surface area (Å²) in [6, 6.07) is 9.28. The Labute approximate surface area is 222 Å². The van der Waals surface area contributed by atoms with Gasteiger partial charge < -0.3 is 19.5 Å². The summed E-state index contributed by atoms with van der Waals surface area (Å²) in [6.45, 7) is 9.76. The lowest BCUT2D eigenvalue weighted by molar-refractivity contribution is 0.372. The van der Waals surface area contributed by atoms with Crippen molar-refractivity contribution >= 4 is 28.7 Å². The zero-order valence-electron chi connectivity index (χ0n) is 21.2. The number of benzene rings is 1. The van der Waals surface area contributed by atoms with Crippen molar-refractivity contribution in [1.82, 2.24) is 9.88 Å². The first-order valence-corrected chi connectivity index (χ1v) is 12.8.